The number of rotatable bonds is 0. The van der Waals surface area contributed by atoms with Crippen LogP contribution < -0.4 is 0 Å². The molecular formula is C8H5ClN2O. The number of aromatic nitrogens is 2. The Hall–Kier alpha value is -1.35. The third-order valence-corrected chi connectivity index (χ3v) is 1.86. The number of aromatic hydroxyl groups is 1. The number of phenolic OH excluding ortho intramolecular Hbond substituents is 1. The van der Waals surface area contributed by atoms with Gasteiger partial charge in [0, 0.05) is 12.4 Å². The van der Waals surface area contributed by atoms with Crippen molar-refractivity contribution in [1.29, 1.82) is 0 Å². The topological polar surface area (TPSA) is 46.0 Å². The van der Waals surface area contributed by atoms with E-state index in [1.807, 2.05) is 0 Å². The number of nitrogens with zero attached hydrogens (tertiary/aromatic N) is 2. The van der Waals surface area contributed by atoms with Crippen molar-refractivity contribution >= 4 is 22.6 Å². The predicted molar refractivity (Wildman–Crippen MR) is 46.2 cm³/mol. The maximum absolute atomic E-state index is 9.33. The van der Waals surface area contributed by atoms with Crippen molar-refractivity contribution in [3.63, 3.8) is 0 Å². The van der Waals surface area contributed by atoms with Crippen molar-refractivity contribution < 1.29 is 5.11 Å². The van der Waals surface area contributed by atoms with Crippen LogP contribution in [0.3, 0.4) is 0 Å². The molecule has 0 aliphatic rings. The summed E-state index contributed by atoms with van der Waals surface area (Å²) in [6.07, 6.45) is 3.05. The zero-order chi connectivity index (χ0) is 8.55. The molecular weight excluding hydrogens is 176 g/mol. The molecule has 60 valence electrons. The first-order chi connectivity index (χ1) is 5.79. The molecule has 3 nitrogen and oxygen atoms in total. The first kappa shape index (κ1) is 7.31. The first-order valence-corrected chi connectivity index (χ1v) is 3.75. The molecule has 0 unspecified atom stereocenters. The van der Waals surface area contributed by atoms with E-state index in [-0.39, 0.29) is 5.75 Å². The van der Waals surface area contributed by atoms with E-state index in [1.54, 1.807) is 6.07 Å². The molecule has 0 saturated heterocycles. The van der Waals surface area contributed by atoms with Crippen LogP contribution in [0.4, 0.5) is 0 Å². The van der Waals surface area contributed by atoms with Crippen LogP contribution in [0.15, 0.2) is 24.5 Å². The molecule has 4 heteroatoms. The van der Waals surface area contributed by atoms with E-state index < -0.39 is 0 Å². The monoisotopic (exact) mass is 180 g/mol. The summed E-state index contributed by atoms with van der Waals surface area (Å²) in [5.74, 6) is 0.0995. The Bertz CT molecular complexity index is 390. The molecule has 0 fully saturated rings. The summed E-state index contributed by atoms with van der Waals surface area (Å²) in [6, 6.07) is 3.09. The molecule has 1 aromatic heterocycles. The van der Waals surface area contributed by atoms with Gasteiger partial charge in [-0.15, -0.1) is 0 Å². The summed E-state index contributed by atoms with van der Waals surface area (Å²) in [4.78, 5) is 7.93. The van der Waals surface area contributed by atoms with Crippen LogP contribution in [-0.4, -0.2) is 15.1 Å². The standard InChI is InChI=1S/C8H5ClN2O/c9-5-1-2-6(12)8-7(5)10-3-4-11-8/h1-4,12H. The van der Waals surface area contributed by atoms with Gasteiger partial charge in [0.15, 0.2) is 0 Å². The van der Waals surface area contributed by atoms with Crippen LogP contribution in [-0.2, 0) is 0 Å². The summed E-state index contributed by atoms with van der Waals surface area (Å²) in [5.41, 5.74) is 0.962. The summed E-state index contributed by atoms with van der Waals surface area (Å²) in [6.45, 7) is 0. The lowest BCUT2D eigenvalue weighted by molar-refractivity contribution is 0.480. The minimum Gasteiger partial charge on any atom is -0.506 e. The van der Waals surface area contributed by atoms with Crippen LogP contribution in [0.5, 0.6) is 5.75 Å². The van der Waals surface area contributed by atoms with E-state index in [0.29, 0.717) is 16.1 Å². The summed E-state index contributed by atoms with van der Waals surface area (Å²) in [5, 5.41) is 9.83. The zero-order valence-corrected chi connectivity index (χ0v) is 6.78. The van der Waals surface area contributed by atoms with Crippen LogP contribution in [0.1, 0.15) is 0 Å². The molecule has 0 atom stereocenters. The summed E-state index contributed by atoms with van der Waals surface area (Å²) in [7, 11) is 0. The van der Waals surface area contributed by atoms with Crippen LogP contribution >= 0.6 is 11.6 Å². The maximum Gasteiger partial charge on any atom is 0.143 e. The highest BCUT2D eigenvalue weighted by Gasteiger charge is 2.04. The SMILES string of the molecule is Oc1ccc(Cl)c2nccnc12. The van der Waals surface area contributed by atoms with E-state index in [2.05, 4.69) is 9.97 Å². The second-order valence-electron chi connectivity index (χ2n) is 2.32. The molecule has 0 bridgehead atoms. The van der Waals surface area contributed by atoms with Gasteiger partial charge in [-0.3, -0.25) is 4.98 Å². The van der Waals surface area contributed by atoms with Gasteiger partial charge in [-0.1, -0.05) is 11.6 Å². The number of phenols is 1. The van der Waals surface area contributed by atoms with Crippen molar-refractivity contribution in [2.24, 2.45) is 0 Å². The average Bonchev–Trinajstić information content (AvgIpc) is 2.12. The number of hydrogen-bond acceptors (Lipinski definition) is 3. The fraction of sp³-hybridized carbons (Fsp3) is 0. The van der Waals surface area contributed by atoms with Crippen molar-refractivity contribution in [1.82, 2.24) is 9.97 Å². The number of fused-ring (bicyclic) bond motifs is 1. The summed E-state index contributed by atoms with van der Waals surface area (Å²) < 4.78 is 0. The highest BCUT2D eigenvalue weighted by Crippen LogP contribution is 2.26. The summed E-state index contributed by atoms with van der Waals surface area (Å²) >= 11 is 5.82. The smallest absolute Gasteiger partial charge is 0.143 e. The fourth-order valence-electron chi connectivity index (χ4n) is 1.01. The fourth-order valence-corrected chi connectivity index (χ4v) is 1.21. The Morgan fingerprint density at radius 1 is 1.08 bits per heavy atom. The van der Waals surface area contributed by atoms with E-state index in [1.165, 1.54) is 18.5 Å². The molecule has 0 radical (unpaired) electrons. The Kier molecular flexibility index (Phi) is 1.59. The molecule has 1 aromatic carbocycles. The van der Waals surface area contributed by atoms with Gasteiger partial charge >= 0.3 is 0 Å². The van der Waals surface area contributed by atoms with E-state index >= 15 is 0 Å². The van der Waals surface area contributed by atoms with Gasteiger partial charge in [-0.25, -0.2) is 4.98 Å². The lowest BCUT2D eigenvalue weighted by atomic mass is 10.3. The van der Waals surface area contributed by atoms with Gasteiger partial charge in [-0.2, -0.15) is 0 Å². The Morgan fingerprint density at radius 2 is 1.75 bits per heavy atom. The molecule has 0 aliphatic heterocycles. The molecule has 1 heterocycles. The maximum atomic E-state index is 9.33. The third kappa shape index (κ3) is 0.987. The third-order valence-electron chi connectivity index (χ3n) is 1.55. The van der Waals surface area contributed by atoms with Crippen molar-refractivity contribution in [3.8, 4) is 5.75 Å². The molecule has 1 N–H and O–H groups in total. The van der Waals surface area contributed by atoms with Crippen LogP contribution in [0.2, 0.25) is 5.02 Å². The number of hydrogen-bond donors (Lipinski definition) is 1. The molecule has 0 spiro atoms. The van der Waals surface area contributed by atoms with Gasteiger partial charge in [0.05, 0.1) is 5.02 Å². The Morgan fingerprint density at radius 3 is 2.42 bits per heavy atom. The molecule has 0 amide bonds. The minimum atomic E-state index is 0.0995. The molecule has 2 rings (SSSR count). The highest BCUT2D eigenvalue weighted by atomic mass is 35.5. The van der Waals surface area contributed by atoms with Crippen LogP contribution in [0.25, 0.3) is 11.0 Å². The molecule has 0 aliphatic carbocycles. The Labute approximate surface area is 73.6 Å². The van der Waals surface area contributed by atoms with Gasteiger partial charge in [-0.05, 0) is 12.1 Å². The minimum absolute atomic E-state index is 0.0995. The van der Waals surface area contributed by atoms with E-state index in [4.69, 9.17) is 11.6 Å². The van der Waals surface area contributed by atoms with Crippen molar-refractivity contribution in [3.05, 3.63) is 29.5 Å². The lowest BCUT2D eigenvalue weighted by Crippen LogP contribution is -1.83. The van der Waals surface area contributed by atoms with Crippen LogP contribution in [0, 0.1) is 0 Å². The zero-order valence-electron chi connectivity index (χ0n) is 6.03. The second-order valence-corrected chi connectivity index (χ2v) is 2.73. The lowest BCUT2D eigenvalue weighted by Gasteiger charge is -1.99. The van der Waals surface area contributed by atoms with Crippen molar-refractivity contribution in [2.45, 2.75) is 0 Å². The average molecular weight is 181 g/mol. The van der Waals surface area contributed by atoms with E-state index in [9.17, 15) is 5.11 Å². The molecule has 0 saturated carbocycles. The quantitative estimate of drug-likeness (QED) is 0.675. The van der Waals surface area contributed by atoms with Gasteiger partial charge in [0.25, 0.3) is 0 Å². The van der Waals surface area contributed by atoms with Gasteiger partial charge in [0.2, 0.25) is 0 Å². The van der Waals surface area contributed by atoms with Gasteiger partial charge in [0.1, 0.15) is 16.8 Å². The van der Waals surface area contributed by atoms with E-state index in [0.717, 1.165) is 0 Å². The van der Waals surface area contributed by atoms with Gasteiger partial charge < -0.3 is 5.11 Å². The number of halogens is 1. The largest absolute Gasteiger partial charge is 0.506 e. The normalized spacial score (nSPS) is 10.4. The molecule has 12 heavy (non-hydrogen) atoms. The second kappa shape index (κ2) is 2.60. The number of benzene rings is 1. The Balaban J connectivity index is 2.95. The van der Waals surface area contributed by atoms with Crippen molar-refractivity contribution in [2.75, 3.05) is 0 Å². The predicted octanol–water partition coefficient (Wildman–Crippen LogP) is 1.99. The first-order valence-electron chi connectivity index (χ1n) is 3.37. The molecule has 2 aromatic rings. The highest BCUT2D eigenvalue weighted by molar-refractivity contribution is 6.35.